The van der Waals surface area contributed by atoms with Gasteiger partial charge >= 0.3 is 0 Å². The van der Waals surface area contributed by atoms with Gasteiger partial charge in [-0.3, -0.25) is 9.59 Å². The number of carbonyl (C=O) groups is 2. The third-order valence-electron chi connectivity index (χ3n) is 5.22. The quantitative estimate of drug-likeness (QED) is 0.409. The van der Waals surface area contributed by atoms with Crippen LogP contribution in [0.15, 0.2) is 24.3 Å². The highest BCUT2D eigenvalue weighted by molar-refractivity contribution is 5.99. The highest BCUT2D eigenvalue weighted by Crippen LogP contribution is 2.27. The van der Waals surface area contributed by atoms with Crippen molar-refractivity contribution in [3.05, 3.63) is 29.8 Å². The van der Waals surface area contributed by atoms with Gasteiger partial charge in [-0.05, 0) is 63.4 Å². The van der Waals surface area contributed by atoms with Crippen LogP contribution < -0.4 is 16.0 Å². The van der Waals surface area contributed by atoms with Gasteiger partial charge in [-0.2, -0.15) is 0 Å². The van der Waals surface area contributed by atoms with Crippen molar-refractivity contribution in [1.29, 1.82) is 0 Å². The number of ketones is 1. The Bertz CT molecular complexity index is 624. The second-order valence-corrected chi connectivity index (χ2v) is 7.71. The van der Waals surface area contributed by atoms with Gasteiger partial charge in [0.25, 0.3) is 0 Å². The number of nitrogens with one attached hydrogen (secondary N) is 3. The fourth-order valence-corrected chi connectivity index (χ4v) is 3.41. The van der Waals surface area contributed by atoms with E-state index in [4.69, 9.17) is 0 Å². The van der Waals surface area contributed by atoms with Crippen LogP contribution in [0.3, 0.4) is 0 Å². The maximum absolute atomic E-state index is 12.4. The van der Waals surface area contributed by atoms with Crippen molar-refractivity contribution in [1.82, 2.24) is 15.5 Å². The number of anilines is 1. The molecule has 1 saturated heterocycles. The van der Waals surface area contributed by atoms with Crippen molar-refractivity contribution in [2.75, 3.05) is 51.1 Å². The molecule has 3 rings (SSSR count). The van der Waals surface area contributed by atoms with Crippen molar-refractivity contribution in [2.24, 2.45) is 5.92 Å². The number of piperidine rings is 1. The lowest BCUT2D eigenvalue weighted by atomic mass is 10.1. The second-order valence-electron chi connectivity index (χ2n) is 7.71. The van der Waals surface area contributed by atoms with Gasteiger partial charge in [0.05, 0.1) is 13.1 Å². The first-order valence-corrected chi connectivity index (χ1v) is 10.3. The molecule has 6 heteroatoms. The van der Waals surface area contributed by atoms with Gasteiger partial charge in [-0.1, -0.05) is 18.6 Å². The molecule has 1 amide bonds. The molecule has 0 radical (unpaired) electrons. The molecular formula is C21H32N4O2. The van der Waals surface area contributed by atoms with Crippen LogP contribution in [-0.2, 0) is 4.79 Å². The highest BCUT2D eigenvalue weighted by Gasteiger charge is 2.20. The van der Waals surface area contributed by atoms with E-state index < -0.39 is 0 Å². The normalized spacial score (nSPS) is 17.6. The van der Waals surface area contributed by atoms with Crippen LogP contribution in [0.2, 0.25) is 0 Å². The first-order chi connectivity index (χ1) is 13.2. The maximum Gasteiger partial charge on any atom is 0.238 e. The molecule has 3 N–H and O–H groups in total. The molecule has 1 aliphatic heterocycles. The van der Waals surface area contributed by atoms with Gasteiger partial charge in [0.15, 0.2) is 5.78 Å². The first kappa shape index (κ1) is 20.0. The van der Waals surface area contributed by atoms with Gasteiger partial charge in [-0.25, -0.2) is 0 Å². The Morgan fingerprint density at radius 2 is 1.85 bits per heavy atom. The van der Waals surface area contributed by atoms with Crippen molar-refractivity contribution in [2.45, 2.75) is 32.1 Å². The Morgan fingerprint density at radius 3 is 2.63 bits per heavy atom. The lowest BCUT2D eigenvalue weighted by Crippen LogP contribution is -2.37. The summed E-state index contributed by atoms with van der Waals surface area (Å²) in [5, 5.41) is 9.28. The standard InChI is InChI=1S/C21H32N4O2/c26-20(15-22-9-12-25-10-2-1-3-11-25)18-5-4-6-19(13-18)24-21(27)16-23-14-17-7-8-17/h4-6,13,17,22-23H,1-3,7-12,14-16H2,(H,24,27). The predicted molar refractivity (Wildman–Crippen MR) is 108 cm³/mol. The lowest BCUT2D eigenvalue weighted by molar-refractivity contribution is -0.115. The summed E-state index contributed by atoms with van der Waals surface area (Å²) >= 11 is 0. The number of nitrogens with zero attached hydrogens (tertiary/aromatic N) is 1. The Balaban J connectivity index is 1.36. The molecule has 6 nitrogen and oxygen atoms in total. The molecule has 0 aromatic heterocycles. The molecule has 2 aliphatic rings. The molecule has 0 bridgehead atoms. The van der Waals surface area contributed by atoms with E-state index in [2.05, 4.69) is 20.9 Å². The number of hydrogen-bond acceptors (Lipinski definition) is 5. The van der Waals surface area contributed by atoms with E-state index in [1.807, 2.05) is 12.1 Å². The molecule has 0 spiro atoms. The fraction of sp³-hybridized carbons (Fsp3) is 0.619. The minimum absolute atomic E-state index is 0.0524. The molecule has 1 aromatic rings. The van der Waals surface area contributed by atoms with Gasteiger partial charge in [-0.15, -0.1) is 0 Å². The van der Waals surface area contributed by atoms with E-state index in [1.54, 1.807) is 12.1 Å². The summed E-state index contributed by atoms with van der Waals surface area (Å²) in [7, 11) is 0. The van der Waals surface area contributed by atoms with Crippen molar-refractivity contribution in [3.63, 3.8) is 0 Å². The first-order valence-electron chi connectivity index (χ1n) is 10.3. The molecule has 0 unspecified atom stereocenters. The third kappa shape index (κ3) is 7.40. The molecule has 1 heterocycles. The second kappa shape index (κ2) is 10.5. The number of carbonyl (C=O) groups excluding carboxylic acids is 2. The molecule has 148 valence electrons. The summed E-state index contributed by atoms with van der Waals surface area (Å²) in [6.07, 6.45) is 6.45. The Kier molecular flexibility index (Phi) is 7.80. The number of likely N-dealkylation sites (tertiary alicyclic amines) is 1. The van der Waals surface area contributed by atoms with E-state index in [1.165, 1.54) is 45.2 Å². The zero-order valence-electron chi connectivity index (χ0n) is 16.1. The lowest BCUT2D eigenvalue weighted by Gasteiger charge is -2.26. The fourth-order valence-electron chi connectivity index (χ4n) is 3.41. The molecule has 0 atom stereocenters. The molecule has 1 aliphatic carbocycles. The van der Waals surface area contributed by atoms with Crippen molar-refractivity contribution in [3.8, 4) is 0 Å². The summed E-state index contributed by atoms with van der Waals surface area (Å²) in [6.45, 7) is 5.72. The van der Waals surface area contributed by atoms with Crippen LogP contribution in [0.4, 0.5) is 5.69 Å². The summed E-state index contributed by atoms with van der Waals surface area (Å²) in [6, 6.07) is 7.19. The minimum atomic E-state index is -0.0695. The zero-order valence-corrected chi connectivity index (χ0v) is 16.1. The van der Waals surface area contributed by atoms with Crippen molar-refractivity contribution < 1.29 is 9.59 Å². The van der Waals surface area contributed by atoms with Crippen LogP contribution in [0.1, 0.15) is 42.5 Å². The number of benzene rings is 1. The van der Waals surface area contributed by atoms with E-state index in [-0.39, 0.29) is 11.7 Å². The van der Waals surface area contributed by atoms with Gasteiger partial charge in [0, 0.05) is 24.3 Å². The number of hydrogen-bond donors (Lipinski definition) is 3. The summed E-state index contributed by atoms with van der Waals surface area (Å²) < 4.78 is 0. The Hall–Kier alpha value is -1.76. The van der Waals surface area contributed by atoms with Crippen LogP contribution in [-0.4, -0.2) is 62.4 Å². The van der Waals surface area contributed by atoms with Crippen LogP contribution in [0, 0.1) is 5.92 Å². The minimum Gasteiger partial charge on any atom is -0.325 e. The Labute approximate surface area is 162 Å². The van der Waals surface area contributed by atoms with Crippen molar-refractivity contribution >= 4 is 17.4 Å². The highest BCUT2D eigenvalue weighted by atomic mass is 16.2. The average Bonchev–Trinajstić information content (AvgIpc) is 3.50. The molecule has 27 heavy (non-hydrogen) atoms. The summed E-state index contributed by atoms with van der Waals surface area (Å²) in [5.41, 5.74) is 1.30. The van der Waals surface area contributed by atoms with Crippen LogP contribution in [0.25, 0.3) is 0 Å². The van der Waals surface area contributed by atoms with E-state index in [0.29, 0.717) is 24.3 Å². The number of amides is 1. The van der Waals surface area contributed by atoms with Gasteiger partial charge in [0.2, 0.25) is 5.91 Å². The SMILES string of the molecule is O=C(CNCC1CC1)Nc1cccc(C(=O)CNCCN2CCCCC2)c1. The molecule has 1 aromatic carbocycles. The van der Waals surface area contributed by atoms with Crippen LogP contribution >= 0.6 is 0 Å². The topological polar surface area (TPSA) is 73.5 Å². The monoisotopic (exact) mass is 372 g/mol. The van der Waals surface area contributed by atoms with Crippen LogP contribution in [0.5, 0.6) is 0 Å². The number of Topliss-reactive ketones (excluding diaryl/α,β-unsaturated/α-hetero) is 1. The van der Waals surface area contributed by atoms with E-state index in [0.717, 1.165) is 25.6 Å². The van der Waals surface area contributed by atoms with Gasteiger partial charge in [0.1, 0.15) is 0 Å². The maximum atomic E-state index is 12.4. The zero-order chi connectivity index (χ0) is 18.9. The summed E-state index contributed by atoms with van der Waals surface area (Å²) in [4.78, 5) is 26.8. The van der Waals surface area contributed by atoms with E-state index >= 15 is 0 Å². The molecule has 2 fully saturated rings. The van der Waals surface area contributed by atoms with E-state index in [9.17, 15) is 9.59 Å². The predicted octanol–water partition coefficient (Wildman–Crippen LogP) is 1.88. The average molecular weight is 373 g/mol. The smallest absolute Gasteiger partial charge is 0.238 e. The third-order valence-corrected chi connectivity index (χ3v) is 5.22. The molecule has 1 saturated carbocycles. The molecular weight excluding hydrogens is 340 g/mol. The summed E-state index contributed by atoms with van der Waals surface area (Å²) in [5.74, 6) is 0.734. The largest absolute Gasteiger partial charge is 0.325 e. The Morgan fingerprint density at radius 1 is 1.04 bits per heavy atom. The number of rotatable bonds is 11. The van der Waals surface area contributed by atoms with Gasteiger partial charge < -0.3 is 20.9 Å².